The number of allylic oxidation sites excluding steroid dienone is 1. The summed E-state index contributed by atoms with van der Waals surface area (Å²) in [5.74, 6) is 1.29. The Morgan fingerprint density at radius 3 is 2.79 bits per heavy atom. The van der Waals surface area contributed by atoms with Gasteiger partial charge in [-0.1, -0.05) is 18.6 Å². The van der Waals surface area contributed by atoms with Crippen molar-refractivity contribution in [2.45, 2.75) is 46.1 Å². The summed E-state index contributed by atoms with van der Waals surface area (Å²) in [5.41, 5.74) is 2.92. The van der Waals surface area contributed by atoms with Gasteiger partial charge in [0, 0.05) is 20.0 Å². The van der Waals surface area contributed by atoms with Crippen molar-refractivity contribution in [1.29, 1.82) is 0 Å². The summed E-state index contributed by atoms with van der Waals surface area (Å²) in [7, 11) is 1.72. The zero-order chi connectivity index (χ0) is 14.0. The van der Waals surface area contributed by atoms with Gasteiger partial charge in [0.05, 0.1) is 17.9 Å². The molecule has 0 aromatic carbocycles. The fourth-order valence-electron chi connectivity index (χ4n) is 2.76. The average molecular weight is 262 g/mol. The van der Waals surface area contributed by atoms with Crippen LogP contribution in [0.25, 0.3) is 0 Å². The molecule has 2 atom stereocenters. The van der Waals surface area contributed by atoms with Gasteiger partial charge in [-0.3, -0.25) is 4.79 Å². The van der Waals surface area contributed by atoms with E-state index >= 15 is 0 Å². The lowest BCUT2D eigenvalue weighted by Gasteiger charge is -2.19. The SMILES string of the molecule is COC1/C=C(/C)Cc2occ(C)c2C(=O)CC(C)C1. The number of fused-ring (bicyclic) bond motifs is 1. The zero-order valence-corrected chi connectivity index (χ0v) is 12.2. The van der Waals surface area contributed by atoms with Crippen LogP contribution in [0.4, 0.5) is 0 Å². The summed E-state index contributed by atoms with van der Waals surface area (Å²) in [4.78, 5) is 12.4. The molecule has 1 aliphatic carbocycles. The first-order valence-electron chi connectivity index (χ1n) is 6.81. The molecule has 1 aliphatic rings. The highest BCUT2D eigenvalue weighted by atomic mass is 16.5. The standard InChI is InChI=1S/C16H22O3/c1-10-5-13(18-4)6-11(2)8-15-16(14(17)7-10)12(3)9-19-15/h6,9-10,13H,5,7-8H2,1-4H3/b11-6-. The monoisotopic (exact) mass is 262 g/mol. The highest BCUT2D eigenvalue weighted by Gasteiger charge is 2.23. The number of ether oxygens (including phenoxy) is 1. The van der Waals surface area contributed by atoms with Crippen LogP contribution in [0.1, 0.15) is 48.4 Å². The predicted molar refractivity (Wildman–Crippen MR) is 74.4 cm³/mol. The fourth-order valence-corrected chi connectivity index (χ4v) is 2.76. The van der Waals surface area contributed by atoms with E-state index in [4.69, 9.17) is 9.15 Å². The molecular weight excluding hydrogens is 240 g/mol. The molecule has 0 bridgehead atoms. The second-order valence-corrected chi connectivity index (χ2v) is 5.65. The quantitative estimate of drug-likeness (QED) is 0.724. The largest absolute Gasteiger partial charge is 0.468 e. The van der Waals surface area contributed by atoms with E-state index in [0.717, 1.165) is 23.3 Å². The smallest absolute Gasteiger partial charge is 0.166 e. The Morgan fingerprint density at radius 2 is 2.11 bits per heavy atom. The van der Waals surface area contributed by atoms with Crippen LogP contribution in [-0.4, -0.2) is 19.0 Å². The lowest BCUT2D eigenvalue weighted by Crippen LogP contribution is -2.18. The molecule has 0 amide bonds. The van der Waals surface area contributed by atoms with Gasteiger partial charge in [-0.05, 0) is 31.7 Å². The highest BCUT2D eigenvalue weighted by molar-refractivity contribution is 5.98. The first-order chi connectivity index (χ1) is 9.01. The number of hydrogen-bond donors (Lipinski definition) is 0. The van der Waals surface area contributed by atoms with E-state index < -0.39 is 0 Å². The molecule has 3 nitrogen and oxygen atoms in total. The summed E-state index contributed by atoms with van der Waals surface area (Å²) in [5, 5.41) is 0. The minimum absolute atomic E-state index is 0.0837. The van der Waals surface area contributed by atoms with Gasteiger partial charge >= 0.3 is 0 Å². The van der Waals surface area contributed by atoms with Crippen molar-refractivity contribution in [3.8, 4) is 0 Å². The van der Waals surface area contributed by atoms with Crippen LogP contribution in [0.3, 0.4) is 0 Å². The van der Waals surface area contributed by atoms with Crippen molar-refractivity contribution in [1.82, 2.24) is 0 Å². The van der Waals surface area contributed by atoms with Crippen LogP contribution >= 0.6 is 0 Å². The molecule has 1 heterocycles. The second-order valence-electron chi connectivity index (χ2n) is 5.65. The normalized spacial score (nSPS) is 27.6. The third-order valence-electron chi connectivity index (χ3n) is 3.71. The molecule has 0 fully saturated rings. The van der Waals surface area contributed by atoms with Crippen molar-refractivity contribution >= 4 is 5.78 Å². The van der Waals surface area contributed by atoms with Crippen LogP contribution in [-0.2, 0) is 11.2 Å². The summed E-state index contributed by atoms with van der Waals surface area (Å²) in [6.45, 7) is 6.10. The Balaban J connectivity index is 2.40. The third-order valence-corrected chi connectivity index (χ3v) is 3.71. The molecule has 0 N–H and O–H groups in total. The number of furan rings is 1. The first-order valence-corrected chi connectivity index (χ1v) is 6.81. The van der Waals surface area contributed by atoms with Crippen molar-refractivity contribution in [3.05, 3.63) is 34.8 Å². The number of Topliss-reactive ketones (excluding diaryl/α,β-unsaturated/α-hetero) is 1. The maximum Gasteiger partial charge on any atom is 0.166 e. The predicted octanol–water partition coefficient (Wildman–Crippen LogP) is 3.70. The number of rotatable bonds is 1. The van der Waals surface area contributed by atoms with Gasteiger partial charge in [0.2, 0.25) is 0 Å². The van der Waals surface area contributed by atoms with Crippen molar-refractivity contribution in [2.24, 2.45) is 5.92 Å². The maximum absolute atomic E-state index is 12.4. The highest BCUT2D eigenvalue weighted by Crippen LogP contribution is 2.26. The second kappa shape index (κ2) is 5.74. The van der Waals surface area contributed by atoms with E-state index in [1.54, 1.807) is 13.4 Å². The summed E-state index contributed by atoms with van der Waals surface area (Å²) >= 11 is 0. The van der Waals surface area contributed by atoms with Crippen LogP contribution in [0.5, 0.6) is 0 Å². The number of aryl methyl sites for hydroxylation is 1. The summed E-state index contributed by atoms with van der Waals surface area (Å²) in [6, 6.07) is 0. The van der Waals surface area contributed by atoms with Crippen molar-refractivity contribution in [2.75, 3.05) is 7.11 Å². The van der Waals surface area contributed by atoms with Crippen molar-refractivity contribution in [3.63, 3.8) is 0 Å². The van der Waals surface area contributed by atoms with Crippen LogP contribution in [0.2, 0.25) is 0 Å². The molecule has 104 valence electrons. The number of hydrogen-bond acceptors (Lipinski definition) is 3. The third kappa shape index (κ3) is 3.16. The van der Waals surface area contributed by atoms with E-state index in [1.807, 2.05) is 6.92 Å². The molecule has 0 saturated heterocycles. The van der Waals surface area contributed by atoms with E-state index in [-0.39, 0.29) is 11.9 Å². The minimum Gasteiger partial charge on any atom is -0.468 e. The molecule has 19 heavy (non-hydrogen) atoms. The zero-order valence-electron chi connectivity index (χ0n) is 12.2. The van der Waals surface area contributed by atoms with Gasteiger partial charge in [0.15, 0.2) is 5.78 Å². The van der Waals surface area contributed by atoms with Gasteiger partial charge in [-0.25, -0.2) is 0 Å². The van der Waals surface area contributed by atoms with Gasteiger partial charge < -0.3 is 9.15 Å². The number of carbonyl (C=O) groups is 1. The minimum atomic E-state index is 0.0837. The van der Waals surface area contributed by atoms with Crippen molar-refractivity contribution < 1.29 is 13.9 Å². The van der Waals surface area contributed by atoms with Gasteiger partial charge in [0.25, 0.3) is 0 Å². The molecule has 0 saturated carbocycles. The molecule has 2 rings (SSSR count). The van der Waals surface area contributed by atoms with Gasteiger partial charge in [0.1, 0.15) is 5.76 Å². The molecule has 1 aromatic heterocycles. The first kappa shape index (κ1) is 14.1. The van der Waals surface area contributed by atoms with Crippen LogP contribution < -0.4 is 0 Å². The Morgan fingerprint density at radius 1 is 1.37 bits per heavy atom. The molecular formula is C16H22O3. The van der Waals surface area contributed by atoms with E-state index in [1.165, 1.54) is 5.57 Å². The lowest BCUT2D eigenvalue weighted by atomic mass is 9.90. The molecule has 2 unspecified atom stereocenters. The fraction of sp³-hybridized carbons (Fsp3) is 0.562. The lowest BCUT2D eigenvalue weighted by molar-refractivity contribution is 0.0913. The number of methoxy groups -OCH3 is 1. The Bertz CT molecular complexity index is 496. The number of ketones is 1. The molecule has 0 aliphatic heterocycles. The van der Waals surface area contributed by atoms with Crippen LogP contribution in [0, 0.1) is 12.8 Å². The average Bonchev–Trinajstić information content (AvgIpc) is 2.68. The Kier molecular flexibility index (Phi) is 4.25. The topological polar surface area (TPSA) is 39.4 Å². The Hall–Kier alpha value is -1.35. The molecule has 1 aromatic rings. The molecule has 0 spiro atoms. The van der Waals surface area contributed by atoms with E-state index in [0.29, 0.717) is 18.8 Å². The summed E-state index contributed by atoms with van der Waals surface area (Å²) in [6.07, 6.45) is 6.04. The molecule has 3 heteroatoms. The Labute approximate surface area is 114 Å². The van der Waals surface area contributed by atoms with Gasteiger partial charge in [-0.2, -0.15) is 0 Å². The van der Waals surface area contributed by atoms with E-state index in [9.17, 15) is 4.79 Å². The number of carbonyl (C=O) groups excluding carboxylic acids is 1. The van der Waals surface area contributed by atoms with Gasteiger partial charge in [-0.15, -0.1) is 0 Å². The van der Waals surface area contributed by atoms with E-state index in [2.05, 4.69) is 19.9 Å². The summed E-state index contributed by atoms with van der Waals surface area (Å²) < 4.78 is 11.0. The van der Waals surface area contributed by atoms with Crippen LogP contribution in [0.15, 0.2) is 22.3 Å². The maximum atomic E-state index is 12.4. The molecule has 0 radical (unpaired) electrons.